The largest absolute Gasteiger partial charge is 0.497 e. The Labute approximate surface area is 114 Å². The van der Waals surface area contributed by atoms with Crippen LogP contribution in [0.1, 0.15) is 45.6 Å². The Balaban J connectivity index is 2.32. The molecular formula is C15H23N3O. The molecule has 0 saturated heterocycles. The lowest BCUT2D eigenvalue weighted by Gasteiger charge is -2.16. The molecule has 2 N–H and O–H groups in total. The number of ether oxygens (including phenoxy) is 1. The maximum Gasteiger partial charge on any atom is 0.201 e. The molecule has 104 valence electrons. The van der Waals surface area contributed by atoms with Crippen LogP contribution in [0.3, 0.4) is 0 Å². The lowest BCUT2D eigenvalue weighted by Crippen LogP contribution is -2.08. The molecule has 0 bridgehead atoms. The number of hydrogen-bond acceptors (Lipinski definition) is 3. The third-order valence-electron chi connectivity index (χ3n) is 3.59. The third-order valence-corrected chi connectivity index (χ3v) is 3.59. The first-order valence-electron chi connectivity index (χ1n) is 6.98. The maximum absolute atomic E-state index is 6.06. The number of imidazole rings is 1. The molecule has 0 saturated carbocycles. The van der Waals surface area contributed by atoms with Gasteiger partial charge in [-0.2, -0.15) is 0 Å². The number of nitrogen functional groups attached to an aromatic ring is 1. The smallest absolute Gasteiger partial charge is 0.201 e. The summed E-state index contributed by atoms with van der Waals surface area (Å²) in [5.41, 5.74) is 8.05. The SMILES string of the molecule is CCCCCC(C)n1c(N)nc2ccc(OC)cc21. The van der Waals surface area contributed by atoms with Crippen molar-refractivity contribution in [1.29, 1.82) is 0 Å². The minimum atomic E-state index is 0.364. The molecule has 0 aliphatic carbocycles. The number of unbranched alkanes of at least 4 members (excludes halogenated alkanes) is 2. The van der Waals surface area contributed by atoms with Crippen LogP contribution >= 0.6 is 0 Å². The molecule has 4 nitrogen and oxygen atoms in total. The number of aromatic nitrogens is 2. The highest BCUT2D eigenvalue weighted by Gasteiger charge is 2.14. The van der Waals surface area contributed by atoms with Crippen LogP contribution in [0, 0.1) is 0 Å². The molecule has 0 aliphatic heterocycles. The van der Waals surface area contributed by atoms with E-state index in [0.717, 1.165) is 23.2 Å². The van der Waals surface area contributed by atoms with Crippen molar-refractivity contribution < 1.29 is 4.74 Å². The summed E-state index contributed by atoms with van der Waals surface area (Å²) >= 11 is 0. The van der Waals surface area contributed by atoms with Crippen LogP contribution in [0.2, 0.25) is 0 Å². The number of benzene rings is 1. The molecule has 0 amide bonds. The molecule has 1 aromatic heterocycles. The lowest BCUT2D eigenvalue weighted by atomic mass is 10.1. The van der Waals surface area contributed by atoms with E-state index in [1.54, 1.807) is 7.11 Å². The molecule has 4 heteroatoms. The Hall–Kier alpha value is -1.71. The molecular weight excluding hydrogens is 238 g/mol. The first kappa shape index (κ1) is 13.7. The number of rotatable bonds is 6. The highest BCUT2D eigenvalue weighted by Crippen LogP contribution is 2.28. The highest BCUT2D eigenvalue weighted by molar-refractivity contribution is 5.80. The Morgan fingerprint density at radius 3 is 2.84 bits per heavy atom. The van der Waals surface area contributed by atoms with E-state index < -0.39 is 0 Å². The third kappa shape index (κ3) is 2.83. The molecule has 0 spiro atoms. The molecule has 2 aromatic rings. The van der Waals surface area contributed by atoms with E-state index in [4.69, 9.17) is 10.5 Å². The quantitative estimate of drug-likeness (QED) is 0.805. The number of methoxy groups -OCH3 is 1. The second-order valence-corrected chi connectivity index (χ2v) is 5.04. The van der Waals surface area contributed by atoms with Gasteiger partial charge in [0.2, 0.25) is 5.95 Å². The van der Waals surface area contributed by atoms with E-state index >= 15 is 0 Å². The van der Waals surface area contributed by atoms with Crippen LogP contribution in [0.4, 0.5) is 5.95 Å². The van der Waals surface area contributed by atoms with Gasteiger partial charge >= 0.3 is 0 Å². The predicted molar refractivity (Wildman–Crippen MR) is 79.6 cm³/mol. The second-order valence-electron chi connectivity index (χ2n) is 5.04. The van der Waals surface area contributed by atoms with Crippen molar-refractivity contribution in [3.8, 4) is 5.75 Å². The van der Waals surface area contributed by atoms with Crippen molar-refractivity contribution in [2.24, 2.45) is 0 Å². The van der Waals surface area contributed by atoms with Crippen molar-refractivity contribution >= 4 is 17.0 Å². The molecule has 1 atom stereocenters. The zero-order valence-electron chi connectivity index (χ0n) is 12.0. The Morgan fingerprint density at radius 1 is 1.37 bits per heavy atom. The zero-order chi connectivity index (χ0) is 13.8. The summed E-state index contributed by atoms with van der Waals surface area (Å²) in [5.74, 6) is 1.43. The molecule has 1 unspecified atom stereocenters. The van der Waals surface area contributed by atoms with Crippen LogP contribution in [-0.2, 0) is 0 Å². The fraction of sp³-hybridized carbons (Fsp3) is 0.533. The zero-order valence-corrected chi connectivity index (χ0v) is 12.0. The Kier molecular flexibility index (Phi) is 4.30. The van der Waals surface area contributed by atoms with E-state index in [-0.39, 0.29) is 0 Å². The van der Waals surface area contributed by atoms with Gasteiger partial charge in [0.1, 0.15) is 5.75 Å². The van der Waals surface area contributed by atoms with Crippen LogP contribution in [0.15, 0.2) is 18.2 Å². The van der Waals surface area contributed by atoms with Gasteiger partial charge in [0.15, 0.2) is 0 Å². The number of fused-ring (bicyclic) bond motifs is 1. The summed E-state index contributed by atoms with van der Waals surface area (Å²) in [6.45, 7) is 4.42. The average Bonchev–Trinajstić information content (AvgIpc) is 2.73. The number of anilines is 1. The van der Waals surface area contributed by atoms with Crippen LogP contribution in [0.25, 0.3) is 11.0 Å². The van der Waals surface area contributed by atoms with Crippen LogP contribution < -0.4 is 10.5 Å². The minimum absolute atomic E-state index is 0.364. The monoisotopic (exact) mass is 261 g/mol. The van der Waals surface area contributed by atoms with Gasteiger partial charge < -0.3 is 15.0 Å². The molecule has 19 heavy (non-hydrogen) atoms. The summed E-state index contributed by atoms with van der Waals surface area (Å²) in [7, 11) is 1.68. The fourth-order valence-corrected chi connectivity index (χ4v) is 2.50. The van der Waals surface area contributed by atoms with Gasteiger partial charge in [0, 0.05) is 12.1 Å². The van der Waals surface area contributed by atoms with Crippen molar-refractivity contribution in [3.63, 3.8) is 0 Å². The molecule has 2 rings (SSSR count). The molecule has 0 fully saturated rings. The molecule has 1 aromatic carbocycles. The second kappa shape index (κ2) is 5.95. The Morgan fingerprint density at radius 2 is 2.16 bits per heavy atom. The van der Waals surface area contributed by atoms with Gasteiger partial charge in [-0.25, -0.2) is 4.98 Å². The van der Waals surface area contributed by atoms with Crippen molar-refractivity contribution in [2.75, 3.05) is 12.8 Å². The van der Waals surface area contributed by atoms with Crippen molar-refractivity contribution in [2.45, 2.75) is 45.6 Å². The standard InChI is InChI=1S/C15H23N3O/c1-4-5-6-7-11(2)18-14-10-12(19-3)8-9-13(14)17-15(18)16/h8-11H,4-7H2,1-3H3,(H2,16,17). The molecule has 0 radical (unpaired) electrons. The minimum Gasteiger partial charge on any atom is -0.497 e. The summed E-state index contributed by atoms with van der Waals surface area (Å²) in [6, 6.07) is 6.25. The molecule has 0 aliphatic rings. The van der Waals surface area contributed by atoms with Crippen molar-refractivity contribution in [3.05, 3.63) is 18.2 Å². The van der Waals surface area contributed by atoms with Gasteiger partial charge in [-0.1, -0.05) is 26.2 Å². The van der Waals surface area contributed by atoms with E-state index in [2.05, 4.69) is 23.4 Å². The summed E-state index contributed by atoms with van der Waals surface area (Å²) in [5, 5.41) is 0. The lowest BCUT2D eigenvalue weighted by molar-refractivity contribution is 0.415. The maximum atomic E-state index is 6.06. The van der Waals surface area contributed by atoms with Gasteiger partial charge in [-0.05, 0) is 25.5 Å². The van der Waals surface area contributed by atoms with Gasteiger partial charge in [-0.3, -0.25) is 0 Å². The number of hydrogen-bond donors (Lipinski definition) is 1. The number of nitrogens with zero attached hydrogens (tertiary/aromatic N) is 2. The van der Waals surface area contributed by atoms with Crippen molar-refractivity contribution in [1.82, 2.24) is 9.55 Å². The predicted octanol–water partition coefficient (Wildman–Crippen LogP) is 3.77. The van der Waals surface area contributed by atoms with E-state index in [0.29, 0.717) is 12.0 Å². The first-order valence-corrected chi connectivity index (χ1v) is 6.98. The Bertz CT molecular complexity index is 548. The summed E-state index contributed by atoms with van der Waals surface area (Å²) in [4.78, 5) is 4.42. The van der Waals surface area contributed by atoms with Crippen LogP contribution in [0.5, 0.6) is 5.75 Å². The van der Waals surface area contributed by atoms with Gasteiger partial charge in [-0.15, -0.1) is 0 Å². The highest BCUT2D eigenvalue weighted by atomic mass is 16.5. The van der Waals surface area contributed by atoms with Crippen LogP contribution in [-0.4, -0.2) is 16.7 Å². The number of nitrogens with two attached hydrogens (primary N) is 1. The topological polar surface area (TPSA) is 53.1 Å². The normalized spacial score (nSPS) is 12.8. The average molecular weight is 261 g/mol. The van der Waals surface area contributed by atoms with Gasteiger partial charge in [0.25, 0.3) is 0 Å². The fourth-order valence-electron chi connectivity index (χ4n) is 2.50. The van der Waals surface area contributed by atoms with E-state index in [1.807, 2.05) is 18.2 Å². The first-order chi connectivity index (χ1) is 9.17. The van der Waals surface area contributed by atoms with Gasteiger partial charge in [0.05, 0.1) is 18.1 Å². The molecule has 1 heterocycles. The summed E-state index contributed by atoms with van der Waals surface area (Å²) in [6.07, 6.45) is 4.85. The van der Waals surface area contributed by atoms with E-state index in [1.165, 1.54) is 19.3 Å². The van der Waals surface area contributed by atoms with E-state index in [9.17, 15) is 0 Å². The summed E-state index contributed by atoms with van der Waals surface area (Å²) < 4.78 is 7.40.